The molecule has 332 valence electrons. The van der Waals surface area contributed by atoms with Crippen LogP contribution in [0.5, 0.6) is 5.75 Å². The van der Waals surface area contributed by atoms with Gasteiger partial charge in [-0.1, -0.05) is 116 Å². The molecule has 13 heteroatoms. The summed E-state index contributed by atoms with van der Waals surface area (Å²) < 4.78 is 14.8. The molecule has 3 atom stereocenters. The zero-order chi connectivity index (χ0) is 44.4. The zero-order valence-corrected chi connectivity index (χ0v) is 35.7. The van der Waals surface area contributed by atoms with E-state index in [1.807, 2.05) is 48.5 Å². The lowest BCUT2D eigenvalue weighted by Crippen LogP contribution is -2.45. The summed E-state index contributed by atoms with van der Waals surface area (Å²) in [4.78, 5) is 65.3. The Morgan fingerprint density at radius 2 is 1.06 bits per heavy atom. The first-order valence-corrected chi connectivity index (χ1v) is 20.7. The van der Waals surface area contributed by atoms with Gasteiger partial charge in [0.1, 0.15) is 5.75 Å². The number of likely N-dealkylation sites (tertiary alicyclic amines) is 1. The summed E-state index contributed by atoms with van der Waals surface area (Å²) >= 11 is 0. The highest BCUT2D eigenvalue weighted by molar-refractivity contribution is 5.95. The number of carbonyl (C=O) groups is 5. The van der Waals surface area contributed by atoms with E-state index in [1.165, 1.54) is 54.1 Å². The zero-order valence-electron chi connectivity index (χ0n) is 35.7. The van der Waals surface area contributed by atoms with Crippen molar-refractivity contribution >= 4 is 29.8 Å². The van der Waals surface area contributed by atoms with Crippen LogP contribution < -0.4 is 4.74 Å². The predicted molar refractivity (Wildman–Crippen MR) is 238 cm³/mol. The number of methoxy groups -OCH3 is 1. The molecule has 5 aromatic carbocycles. The molecular weight excluding hydrogens is 805 g/mol. The fourth-order valence-electron chi connectivity index (χ4n) is 7.47. The average molecular weight is 861 g/mol. The van der Waals surface area contributed by atoms with E-state index in [2.05, 4.69) is 60.0 Å². The second kappa shape index (κ2) is 24.6. The Balaban J connectivity index is 0.000000287. The lowest BCUT2D eigenvalue weighted by molar-refractivity contribution is -0.166. The normalized spacial score (nSPS) is 13.9. The average Bonchev–Trinajstić information content (AvgIpc) is 3.31. The molecule has 6 rings (SSSR count). The number of rotatable bonds is 17. The Bertz CT molecular complexity index is 2070. The van der Waals surface area contributed by atoms with E-state index >= 15 is 0 Å². The van der Waals surface area contributed by atoms with Gasteiger partial charge in [-0.2, -0.15) is 0 Å². The maximum Gasteiger partial charge on any atom is 0.349 e. The van der Waals surface area contributed by atoms with Gasteiger partial charge in [-0.25, -0.2) is 19.2 Å². The van der Waals surface area contributed by atoms with Crippen molar-refractivity contribution in [2.45, 2.75) is 57.3 Å². The molecule has 1 amide bonds. The number of amides is 1. The van der Waals surface area contributed by atoms with Crippen LogP contribution in [0.3, 0.4) is 0 Å². The molecule has 1 heterocycles. The van der Waals surface area contributed by atoms with Crippen molar-refractivity contribution < 1.29 is 53.9 Å². The molecule has 1 aliphatic rings. The molecule has 5 aromatic rings. The third kappa shape index (κ3) is 14.1. The largest absolute Gasteiger partial charge is 0.497 e. The molecular formula is C50H56N2O11. The molecule has 1 saturated heterocycles. The Kier molecular flexibility index (Phi) is 19.0. The van der Waals surface area contributed by atoms with E-state index < -0.39 is 36.1 Å². The highest BCUT2D eigenvalue weighted by atomic mass is 16.6. The summed E-state index contributed by atoms with van der Waals surface area (Å²) in [6.07, 6.45) is -1.27. The smallest absolute Gasteiger partial charge is 0.349 e. The number of carboxylic acids is 2. The first-order valence-electron chi connectivity index (χ1n) is 20.7. The van der Waals surface area contributed by atoms with Crippen molar-refractivity contribution in [3.8, 4) is 5.75 Å². The Labute approximate surface area is 368 Å². The van der Waals surface area contributed by atoms with Crippen molar-refractivity contribution in [1.82, 2.24) is 9.80 Å². The van der Waals surface area contributed by atoms with Crippen LogP contribution in [0.15, 0.2) is 146 Å². The lowest BCUT2D eigenvalue weighted by atomic mass is 9.88. The molecule has 0 bridgehead atoms. The topological polar surface area (TPSA) is 191 Å². The van der Waals surface area contributed by atoms with Crippen LogP contribution in [0.2, 0.25) is 0 Å². The molecule has 0 radical (unpaired) electrons. The summed E-state index contributed by atoms with van der Waals surface area (Å²) in [5, 5.41) is 18.5. The van der Waals surface area contributed by atoms with Crippen molar-refractivity contribution in [3.05, 3.63) is 173 Å². The van der Waals surface area contributed by atoms with Crippen LogP contribution >= 0.6 is 0 Å². The van der Waals surface area contributed by atoms with Gasteiger partial charge < -0.3 is 39.7 Å². The van der Waals surface area contributed by atoms with Crippen molar-refractivity contribution in [1.29, 1.82) is 0 Å². The maximum absolute atomic E-state index is 13.7. The van der Waals surface area contributed by atoms with E-state index in [0.29, 0.717) is 12.0 Å². The molecule has 0 aliphatic carbocycles. The molecule has 1 fully saturated rings. The standard InChI is InChI=1S/C32H40N2O2.C18H14O8.H2O/c1-4-33(25(2)23-26-15-17-30(36-3)18-16-26)24-27-19-21-34(22-20-27)32(35)31(28-11-7-5-8-12-28)29-13-9-6-10-14-29;19-15(20)13(25-17(23)11-7-3-1-4-8-11)14(16(21)22)26-18(24)12-9-5-2-6-10-12;/h5-18,25,27,31H,4,19-24H2,1-3H3;1-10,13-14H,(H,19,20)(H,21,22);1H2/t;13-,14-;/m.1./s1. The minimum Gasteiger partial charge on any atom is -0.497 e. The molecule has 0 spiro atoms. The number of esters is 2. The van der Waals surface area contributed by atoms with E-state index in [1.54, 1.807) is 19.2 Å². The second-order valence-electron chi connectivity index (χ2n) is 15.1. The minimum absolute atomic E-state index is 0. The van der Waals surface area contributed by atoms with Gasteiger partial charge >= 0.3 is 23.9 Å². The number of benzene rings is 5. The number of piperidine rings is 1. The van der Waals surface area contributed by atoms with E-state index in [4.69, 9.17) is 14.2 Å². The van der Waals surface area contributed by atoms with E-state index in [-0.39, 0.29) is 28.4 Å². The highest BCUT2D eigenvalue weighted by Crippen LogP contribution is 2.30. The minimum atomic E-state index is -2.21. The summed E-state index contributed by atoms with van der Waals surface area (Å²) in [7, 11) is 1.71. The Hall–Kier alpha value is -6.83. The third-order valence-electron chi connectivity index (χ3n) is 10.9. The van der Waals surface area contributed by atoms with Gasteiger partial charge in [0.05, 0.1) is 24.2 Å². The van der Waals surface area contributed by atoms with Crippen LogP contribution in [-0.2, 0) is 30.3 Å². The predicted octanol–water partition coefficient (Wildman–Crippen LogP) is 6.80. The van der Waals surface area contributed by atoms with E-state index in [9.17, 15) is 34.2 Å². The number of hydrogen-bond acceptors (Lipinski definition) is 9. The summed E-state index contributed by atoms with van der Waals surface area (Å²) in [5.74, 6) is -4.11. The Morgan fingerprint density at radius 3 is 1.44 bits per heavy atom. The number of ether oxygens (including phenoxy) is 3. The van der Waals surface area contributed by atoms with Crippen LogP contribution in [0.4, 0.5) is 0 Å². The molecule has 13 nitrogen and oxygen atoms in total. The van der Waals surface area contributed by atoms with Gasteiger partial charge in [-0.15, -0.1) is 0 Å². The number of nitrogens with zero attached hydrogens (tertiary/aromatic N) is 2. The molecule has 63 heavy (non-hydrogen) atoms. The fourth-order valence-corrected chi connectivity index (χ4v) is 7.47. The van der Waals surface area contributed by atoms with Crippen molar-refractivity contribution in [2.75, 3.05) is 33.3 Å². The molecule has 1 unspecified atom stereocenters. The van der Waals surface area contributed by atoms with Crippen molar-refractivity contribution in [2.24, 2.45) is 5.92 Å². The third-order valence-corrected chi connectivity index (χ3v) is 10.9. The van der Waals surface area contributed by atoms with Gasteiger partial charge in [0.25, 0.3) is 0 Å². The van der Waals surface area contributed by atoms with Crippen LogP contribution in [0, 0.1) is 5.92 Å². The quantitative estimate of drug-likeness (QED) is 0.0935. The molecule has 4 N–H and O–H groups in total. The van der Waals surface area contributed by atoms with Gasteiger partial charge in [-0.05, 0) is 91.7 Å². The first kappa shape index (κ1) is 48.8. The first-order chi connectivity index (χ1) is 30.0. The van der Waals surface area contributed by atoms with Crippen molar-refractivity contribution in [3.63, 3.8) is 0 Å². The summed E-state index contributed by atoms with van der Waals surface area (Å²) in [6, 6.07) is 44.2. The van der Waals surface area contributed by atoms with Gasteiger partial charge in [0.15, 0.2) is 0 Å². The van der Waals surface area contributed by atoms with Crippen LogP contribution in [0.1, 0.15) is 70.0 Å². The number of hydrogen-bond donors (Lipinski definition) is 2. The number of carboxylic acid groups (broad SMARTS) is 2. The van der Waals surface area contributed by atoms with Gasteiger partial charge in [0, 0.05) is 25.7 Å². The monoisotopic (exact) mass is 860 g/mol. The van der Waals surface area contributed by atoms with Crippen LogP contribution in [0.25, 0.3) is 0 Å². The number of aliphatic carboxylic acids is 2. The summed E-state index contributed by atoms with van der Waals surface area (Å²) in [6.45, 7) is 8.40. The molecule has 0 saturated carbocycles. The summed E-state index contributed by atoms with van der Waals surface area (Å²) in [5.41, 5.74) is 3.53. The second-order valence-corrected chi connectivity index (χ2v) is 15.1. The van der Waals surface area contributed by atoms with E-state index in [0.717, 1.165) is 62.3 Å². The van der Waals surface area contributed by atoms with Crippen LogP contribution in [-0.4, -0.2) is 107 Å². The van der Waals surface area contributed by atoms with Gasteiger partial charge in [0.2, 0.25) is 18.1 Å². The fraction of sp³-hybridized carbons (Fsp3) is 0.300. The molecule has 1 aliphatic heterocycles. The maximum atomic E-state index is 13.7. The van der Waals surface area contributed by atoms with Gasteiger partial charge in [-0.3, -0.25) is 4.79 Å². The number of likely N-dealkylation sites (N-methyl/N-ethyl adjacent to an activating group) is 1. The SMILES string of the molecule is CCN(CC1CCN(C(=O)C(c2ccccc2)c2ccccc2)CC1)C(C)Cc1ccc(OC)cc1.O.O=C(O[C@@H](C(=O)O)[C@@H](OC(=O)c1ccccc1)C(=O)O)c1ccccc1. The molecule has 0 aromatic heterocycles. The number of carbonyl (C=O) groups excluding carboxylic acids is 3. The lowest BCUT2D eigenvalue weighted by Gasteiger charge is -2.38. The highest BCUT2D eigenvalue weighted by Gasteiger charge is 2.41. The Morgan fingerprint density at radius 1 is 0.651 bits per heavy atom.